The average Bonchev–Trinajstić information content (AvgIpc) is 2.72. The van der Waals surface area contributed by atoms with Gasteiger partial charge in [0.1, 0.15) is 5.76 Å². The van der Waals surface area contributed by atoms with Crippen molar-refractivity contribution in [3.63, 3.8) is 0 Å². The van der Waals surface area contributed by atoms with E-state index in [4.69, 9.17) is 9.15 Å². The van der Waals surface area contributed by atoms with E-state index < -0.39 is 5.97 Å². The van der Waals surface area contributed by atoms with Crippen LogP contribution in [0, 0.1) is 13.8 Å². The standard InChI is InChI=1S/C14H15NO3/c1-4-17-14(16)12-10(3)18-13(15-12)11-8-6-5-7-9(11)2/h5-8H,4H2,1-3H3. The topological polar surface area (TPSA) is 52.3 Å². The van der Waals surface area contributed by atoms with Crippen molar-refractivity contribution in [2.45, 2.75) is 20.8 Å². The van der Waals surface area contributed by atoms with Crippen molar-refractivity contribution in [2.75, 3.05) is 6.61 Å². The molecule has 0 fully saturated rings. The van der Waals surface area contributed by atoms with E-state index in [9.17, 15) is 4.79 Å². The Morgan fingerprint density at radius 3 is 2.72 bits per heavy atom. The number of nitrogens with zero attached hydrogens (tertiary/aromatic N) is 1. The van der Waals surface area contributed by atoms with E-state index in [2.05, 4.69) is 4.98 Å². The third-order valence-corrected chi connectivity index (χ3v) is 2.64. The predicted octanol–water partition coefficient (Wildman–Crippen LogP) is 3.14. The molecule has 0 bridgehead atoms. The molecule has 0 atom stereocenters. The number of benzene rings is 1. The van der Waals surface area contributed by atoms with Crippen molar-refractivity contribution in [1.82, 2.24) is 4.98 Å². The molecule has 1 aromatic carbocycles. The van der Waals surface area contributed by atoms with Crippen LogP contribution in [0.4, 0.5) is 0 Å². The highest BCUT2D eigenvalue weighted by Gasteiger charge is 2.19. The summed E-state index contributed by atoms with van der Waals surface area (Å²) in [4.78, 5) is 15.9. The van der Waals surface area contributed by atoms with Gasteiger partial charge in [-0.25, -0.2) is 9.78 Å². The first kappa shape index (κ1) is 12.4. The highest BCUT2D eigenvalue weighted by Crippen LogP contribution is 2.24. The molecule has 94 valence electrons. The summed E-state index contributed by atoms with van der Waals surface area (Å²) in [5.74, 6) is 0.485. The van der Waals surface area contributed by atoms with Crippen LogP contribution in [-0.2, 0) is 4.74 Å². The maximum absolute atomic E-state index is 11.7. The Kier molecular flexibility index (Phi) is 3.46. The molecule has 0 aliphatic rings. The number of ether oxygens (including phenoxy) is 1. The number of esters is 1. The highest BCUT2D eigenvalue weighted by atomic mass is 16.5. The quantitative estimate of drug-likeness (QED) is 0.779. The van der Waals surface area contributed by atoms with Gasteiger partial charge in [-0.1, -0.05) is 18.2 Å². The molecule has 0 radical (unpaired) electrons. The Morgan fingerprint density at radius 2 is 2.06 bits per heavy atom. The van der Waals surface area contributed by atoms with Crippen molar-refractivity contribution < 1.29 is 13.9 Å². The summed E-state index contributed by atoms with van der Waals surface area (Å²) in [6, 6.07) is 7.74. The van der Waals surface area contributed by atoms with Crippen molar-refractivity contribution in [1.29, 1.82) is 0 Å². The van der Waals surface area contributed by atoms with Gasteiger partial charge in [-0.2, -0.15) is 0 Å². The molecule has 2 rings (SSSR count). The van der Waals surface area contributed by atoms with Crippen molar-refractivity contribution in [3.05, 3.63) is 41.3 Å². The summed E-state index contributed by atoms with van der Waals surface area (Å²) in [6.07, 6.45) is 0. The zero-order chi connectivity index (χ0) is 13.1. The number of oxazole rings is 1. The lowest BCUT2D eigenvalue weighted by molar-refractivity contribution is 0.0518. The van der Waals surface area contributed by atoms with Gasteiger partial charge in [-0.15, -0.1) is 0 Å². The van der Waals surface area contributed by atoms with Crippen LogP contribution in [0.5, 0.6) is 0 Å². The number of aryl methyl sites for hydroxylation is 2. The molecule has 0 N–H and O–H groups in total. The Morgan fingerprint density at radius 1 is 1.33 bits per heavy atom. The van der Waals surface area contributed by atoms with Crippen LogP contribution in [0.15, 0.2) is 28.7 Å². The molecule has 0 saturated carbocycles. The molecule has 0 saturated heterocycles. The SMILES string of the molecule is CCOC(=O)c1nc(-c2ccccc2C)oc1C. The van der Waals surface area contributed by atoms with Gasteiger partial charge in [0.15, 0.2) is 5.69 Å². The molecule has 4 nitrogen and oxygen atoms in total. The third-order valence-electron chi connectivity index (χ3n) is 2.64. The number of carbonyl (C=O) groups is 1. The van der Waals surface area contributed by atoms with Crippen LogP contribution in [-0.4, -0.2) is 17.6 Å². The molecule has 1 aromatic heterocycles. The Bertz CT molecular complexity index is 572. The molecule has 0 aliphatic carbocycles. The molecule has 0 unspecified atom stereocenters. The second-order valence-electron chi connectivity index (χ2n) is 3.96. The number of hydrogen-bond acceptors (Lipinski definition) is 4. The molecule has 18 heavy (non-hydrogen) atoms. The van der Waals surface area contributed by atoms with E-state index >= 15 is 0 Å². The van der Waals surface area contributed by atoms with E-state index in [1.165, 1.54) is 0 Å². The monoisotopic (exact) mass is 245 g/mol. The fraction of sp³-hybridized carbons (Fsp3) is 0.286. The summed E-state index contributed by atoms with van der Waals surface area (Å²) in [5, 5.41) is 0. The van der Waals surface area contributed by atoms with Crippen LogP contribution in [0.1, 0.15) is 28.7 Å². The maximum Gasteiger partial charge on any atom is 0.360 e. The van der Waals surface area contributed by atoms with E-state index in [-0.39, 0.29) is 5.69 Å². The van der Waals surface area contributed by atoms with Gasteiger partial charge in [0, 0.05) is 5.56 Å². The number of aromatic nitrogens is 1. The van der Waals surface area contributed by atoms with Gasteiger partial charge >= 0.3 is 5.97 Å². The van der Waals surface area contributed by atoms with E-state index in [1.807, 2.05) is 31.2 Å². The fourth-order valence-corrected chi connectivity index (χ4v) is 1.71. The van der Waals surface area contributed by atoms with E-state index in [0.717, 1.165) is 11.1 Å². The van der Waals surface area contributed by atoms with Crippen LogP contribution in [0.3, 0.4) is 0 Å². The molecule has 0 spiro atoms. The molecule has 0 aliphatic heterocycles. The molecule has 4 heteroatoms. The van der Waals surface area contributed by atoms with Gasteiger partial charge in [0.05, 0.1) is 6.61 Å². The second kappa shape index (κ2) is 5.04. The van der Waals surface area contributed by atoms with Gasteiger partial charge in [-0.3, -0.25) is 0 Å². The summed E-state index contributed by atoms with van der Waals surface area (Å²) in [7, 11) is 0. The minimum atomic E-state index is -0.446. The van der Waals surface area contributed by atoms with Gasteiger partial charge < -0.3 is 9.15 Å². The van der Waals surface area contributed by atoms with Crippen LogP contribution in [0.25, 0.3) is 11.5 Å². The Hall–Kier alpha value is -2.10. The van der Waals surface area contributed by atoms with Crippen molar-refractivity contribution >= 4 is 5.97 Å². The first-order valence-corrected chi connectivity index (χ1v) is 5.84. The van der Waals surface area contributed by atoms with E-state index in [0.29, 0.717) is 18.3 Å². The zero-order valence-electron chi connectivity index (χ0n) is 10.7. The highest BCUT2D eigenvalue weighted by molar-refractivity contribution is 5.88. The lowest BCUT2D eigenvalue weighted by atomic mass is 10.1. The van der Waals surface area contributed by atoms with Crippen LogP contribution < -0.4 is 0 Å². The molecular weight excluding hydrogens is 230 g/mol. The smallest absolute Gasteiger partial charge is 0.360 e. The molecular formula is C14H15NO3. The van der Waals surface area contributed by atoms with Gasteiger partial charge in [0.25, 0.3) is 0 Å². The van der Waals surface area contributed by atoms with Crippen molar-refractivity contribution in [3.8, 4) is 11.5 Å². The van der Waals surface area contributed by atoms with E-state index in [1.54, 1.807) is 13.8 Å². The largest absolute Gasteiger partial charge is 0.461 e. The zero-order valence-corrected chi connectivity index (χ0v) is 10.7. The normalized spacial score (nSPS) is 10.4. The lowest BCUT2D eigenvalue weighted by Crippen LogP contribution is -2.06. The minimum Gasteiger partial charge on any atom is -0.461 e. The number of carbonyl (C=O) groups excluding carboxylic acids is 1. The Balaban J connectivity index is 2.41. The summed E-state index contributed by atoms with van der Waals surface area (Å²) in [6.45, 7) is 5.76. The minimum absolute atomic E-state index is 0.245. The first-order chi connectivity index (χ1) is 8.63. The van der Waals surface area contributed by atoms with Gasteiger partial charge in [0.2, 0.25) is 5.89 Å². The summed E-state index contributed by atoms with van der Waals surface area (Å²) in [5.41, 5.74) is 2.18. The Labute approximate surface area is 106 Å². The molecule has 0 amide bonds. The first-order valence-electron chi connectivity index (χ1n) is 5.84. The number of rotatable bonds is 3. The predicted molar refractivity (Wildman–Crippen MR) is 67.4 cm³/mol. The van der Waals surface area contributed by atoms with Crippen LogP contribution >= 0.6 is 0 Å². The summed E-state index contributed by atoms with van der Waals surface area (Å²) < 4.78 is 10.5. The third kappa shape index (κ3) is 2.27. The lowest BCUT2D eigenvalue weighted by Gasteiger charge is -1.99. The van der Waals surface area contributed by atoms with Crippen LogP contribution in [0.2, 0.25) is 0 Å². The average molecular weight is 245 g/mol. The maximum atomic E-state index is 11.7. The van der Waals surface area contributed by atoms with Gasteiger partial charge in [-0.05, 0) is 32.4 Å². The fourth-order valence-electron chi connectivity index (χ4n) is 1.71. The molecule has 2 aromatic rings. The second-order valence-corrected chi connectivity index (χ2v) is 3.96. The summed E-state index contributed by atoms with van der Waals surface area (Å²) >= 11 is 0. The number of hydrogen-bond donors (Lipinski definition) is 0. The van der Waals surface area contributed by atoms with Crippen molar-refractivity contribution in [2.24, 2.45) is 0 Å². The molecule has 1 heterocycles.